The third-order valence-corrected chi connectivity index (χ3v) is 2.75. The average Bonchev–Trinajstić information content (AvgIpc) is 2.24. The number of carboxylic acids is 1. The van der Waals surface area contributed by atoms with Crippen molar-refractivity contribution in [3.8, 4) is 0 Å². The standard InChI is InChI=1S/C11H22N2O3/c1-4-9(11(15)16)13(3)10(14)8(2)6-5-7-12/h8-9H,4-7,12H2,1-3H3,(H,15,16). The molecule has 0 aromatic carbocycles. The van der Waals surface area contributed by atoms with Gasteiger partial charge in [0, 0.05) is 13.0 Å². The number of carbonyl (C=O) groups is 2. The van der Waals surface area contributed by atoms with Crippen LogP contribution in [0.4, 0.5) is 0 Å². The molecule has 5 nitrogen and oxygen atoms in total. The third kappa shape index (κ3) is 4.18. The van der Waals surface area contributed by atoms with E-state index in [1.54, 1.807) is 14.0 Å². The summed E-state index contributed by atoms with van der Waals surface area (Å²) in [5.74, 6) is -1.24. The Bertz CT molecular complexity index is 243. The third-order valence-electron chi connectivity index (χ3n) is 2.75. The molecule has 0 heterocycles. The molecular weight excluding hydrogens is 208 g/mol. The van der Waals surface area contributed by atoms with Crippen LogP contribution in [0, 0.1) is 5.92 Å². The van der Waals surface area contributed by atoms with Crippen LogP contribution in [-0.4, -0.2) is 41.5 Å². The Labute approximate surface area is 96.6 Å². The van der Waals surface area contributed by atoms with Crippen molar-refractivity contribution in [3.63, 3.8) is 0 Å². The SMILES string of the molecule is CCC(C(=O)O)N(C)C(=O)C(C)CCCN. The van der Waals surface area contributed by atoms with Crippen LogP contribution in [0.15, 0.2) is 0 Å². The quantitative estimate of drug-likeness (QED) is 0.673. The lowest BCUT2D eigenvalue weighted by molar-refractivity contribution is -0.150. The Balaban J connectivity index is 4.40. The highest BCUT2D eigenvalue weighted by molar-refractivity contribution is 5.84. The molecule has 0 rings (SSSR count). The van der Waals surface area contributed by atoms with Crippen molar-refractivity contribution in [1.29, 1.82) is 0 Å². The number of likely N-dealkylation sites (N-methyl/N-ethyl adjacent to an activating group) is 1. The summed E-state index contributed by atoms with van der Waals surface area (Å²) in [5, 5.41) is 8.94. The highest BCUT2D eigenvalue weighted by Gasteiger charge is 2.27. The van der Waals surface area contributed by atoms with Crippen LogP contribution < -0.4 is 5.73 Å². The maximum absolute atomic E-state index is 11.9. The normalized spacial score (nSPS) is 14.2. The van der Waals surface area contributed by atoms with E-state index in [0.29, 0.717) is 19.4 Å². The highest BCUT2D eigenvalue weighted by Crippen LogP contribution is 2.12. The first-order chi connectivity index (χ1) is 7.45. The molecule has 0 bridgehead atoms. The van der Waals surface area contributed by atoms with Gasteiger partial charge in [0.25, 0.3) is 0 Å². The van der Waals surface area contributed by atoms with E-state index in [1.807, 2.05) is 6.92 Å². The second-order valence-corrected chi connectivity index (χ2v) is 4.04. The molecule has 0 radical (unpaired) electrons. The molecule has 0 saturated heterocycles. The molecule has 0 fully saturated rings. The van der Waals surface area contributed by atoms with E-state index in [0.717, 1.165) is 6.42 Å². The number of aliphatic carboxylic acids is 1. The first-order valence-corrected chi connectivity index (χ1v) is 5.65. The zero-order chi connectivity index (χ0) is 12.7. The fourth-order valence-electron chi connectivity index (χ4n) is 1.66. The molecule has 0 aliphatic carbocycles. The lowest BCUT2D eigenvalue weighted by Crippen LogP contribution is -2.44. The number of rotatable bonds is 7. The molecule has 2 unspecified atom stereocenters. The monoisotopic (exact) mass is 230 g/mol. The molecule has 16 heavy (non-hydrogen) atoms. The Kier molecular flexibility index (Phi) is 6.72. The molecule has 0 spiro atoms. The van der Waals surface area contributed by atoms with Gasteiger partial charge in [-0.3, -0.25) is 4.79 Å². The van der Waals surface area contributed by atoms with Gasteiger partial charge in [-0.2, -0.15) is 0 Å². The molecule has 2 atom stereocenters. The van der Waals surface area contributed by atoms with E-state index in [4.69, 9.17) is 10.8 Å². The van der Waals surface area contributed by atoms with Crippen LogP contribution in [0.1, 0.15) is 33.1 Å². The highest BCUT2D eigenvalue weighted by atomic mass is 16.4. The van der Waals surface area contributed by atoms with Gasteiger partial charge in [-0.1, -0.05) is 13.8 Å². The van der Waals surface area contributed by atoms with Crippen LogP contribution in [0.25, 0.3) is 0 Å². The lowest BCUT2D eigenvalue weighted by atomic mass is 10.0. The summed E-state index contributed by atoms with van der Waals surface area (Å²) in [6.45, 7) is 4.12. The fraction of sp³-hybridized carbons (Fsp3) is 0.818. The van der Waals surface area contributed by atoms with E-state index in [-0.39, 0.29) is 11.8 Å². The van der Waals surface area contributed by atoms with Crippen molar-refractivity contribution >= 4 is 11.9 Å². The molecule has 0 aliphatic rings. The number of carbonyl (C=O) groups excluding carboxylic acids is 1. The maximum atomic E-state index is 11.9. The second-order valence-electron chi connectivity index (χ2n) is 4.04. The second kappa shape index (κ2) is 7.22. The van der Waals surface area contributed by atoms with Crippen LogP contribution in [-0.2, 0) is 9.59 Å². The molecule has 94 valence electrons. The Morgan fingerprint density at radius 1 is 1.44 bits per heavy atom. The zero-order valence-corrected chi connectivity index (χ0v) is 10.3. The summed E-state index contributed by atoms with van der Waals surface area (Å²) < 4.78 is 0. The lowest BCUT2D eigenvalue weighted by Gasteiger charge is -2.26. The molecular formula is C11H22N2O3. The van der Waals surface area contributed by atoms with Gasteiger partial charge in [-0.25, -0.2) is 4.79 Å². The van der Waals surface area contributed by atoms with Crippen LogP contribution in [0.2, 0.25) is 0 Å². The van der Waals surface area contributed by atoms with E-state index in [9.17, 15) is 9.59 Å². The van der Waals surface area contributed by atoms with Crippen molar-refractivity contribution in [2.45, 2.75) is 39.2 Å². The van der Waals surface area contributed by atoms with Gasteiger partial charge in [0.15, 0.2) is 0 Å². The van der Waals surface area contributed by atoms with Gasteiger partial charge in [0.1, 0.15) is 6.04 Å². The number of carboxylic acid groups (broad SMARTS) is 1. The summed E-state index contributed by atoms with van der Waals surface area (Å²) in [5.41, 5.74) is 5.37. The zero-order valence-electron chi connectivity index (χ0n) is 10.3. The van der Waals surface area contributed by atoms with Crippen LogP contribution in [0.3, 0.4) is 0 Å². The summed E-state index contributed by atoms with van der Waals surface area (Å²) in [7, 11) is 1.55. The predicted octanol–water partition coefficient (Wildman–Crippen LogP) is 0.683. The van der Waals surface area contributed by atoms with Crippen molar-refractivity contribution in [2.75, 3.05) is 13.6 Å². The maximum Gasteiger partial charge on any atom is 0.326 e. The number of nitrogens with zero attached hydrogens (tertiary/aromatic N) is 1. The Hall–Kier alpha value is -1.10. The smallest absolute Gasteiger partial charge is 0.326 e. The number of hydrogen-bond acceptors (Lipinski definition) is 3. The predicted molar refractivity (Wildman–Crippen MR) is 61.9 cm³/mol. The van der Waals surface area contributed by atoms with Crippen molar-refractivity contribution in [1.82, 2.24) is 4.90 Å². The number of hydrogen-bond donors (Lipinski definition) is 2. The first kappa shape index (κ1) is 14.9. The first-order valence-electron chi connectivity index (χ1n) is 5.65. The topological polar surface area (TPSA) is 83.6 Å². The van der Waals surface area contributed by atoms with Gasteiger partial charge >= 0.3 is 5.97 Å². The van der Waals surface area contributed by atoms with Crippen LogP contribution in [0.5, 0.6) is 0 Å². The van der Waals surface area contributed by atoms with Crippen molar-refractivity contribution < 1.29 is 14.7 Å². The number of nitrogens with two attached hydrogens (primary N) is 1. The molecule has 0 aromatic rings. The minimum Gasteiger partial charge on any atom is -0.480 e. The van der Waals surface area contributed by atoms with E-state index in [1.165, 1.54) is 4.90 Å². The van der Waals surface area contributed by atoms with Crippen molar-refractivity contribution in [2.24, 2.45) is 11.7 Å². The van der Waals surface area contributed by atoms with Crippen molar-refractivity contribution in [3.05, 3.63) is 0 Å². The fourth-order valence-corrected chi connectivity index (χ4v) is 1.66. The minimum absolute atomic E-state index is 0.122. The van der Waals surface area contributed by atoms with E-state index >= 15 is 0 Å². The molecule has 1 amide bonds. The molecule has 0 saturated carbocycles. The van der Waals surface area contributed by atoms with E-state index in [2.05, 4.69) is 0 Å². The molecule has 3 N–H and O–H groups in total. The molecule has 0 aliphatic heterocycles. The molecule has 0 aromatic heterocycles. The minimum atomic E-state index is -0.954. The van der Waals surface area contributed by atoms with Gasteiger partial charge in [0.05, 0.1) is 0 Å². The van der Waals surface area contributed by atoms with Gasteiger partial charge in [-0.05, 0) is 25.8 Å². The average molecular weight is 230 g/mol. The number of amides is 1. The van der Waals surface area contributed by atoms with Gasteiger partial charge in [0.2, 0.25) is 5.91 Å². The largest absolute Gasteiger partial charge is 0.480 e. The Morgan fingerprint density at radius 3 is 2.38 bits per heavy atom. The van der Waals surface area contributed by atoms with Crippen LogP contribution >= 0.6 is 0 Å². The molecule has 5 heteroatoms. The summed E-state index contributed by atoms with van der Waals surface area (Å²) in [6, 6.07) is -0.729. The Morgan fingerprint density at radius 2 is 2.00 bits per heavy atom. The summed E-state index contributed by atoms with van der Waals surface area (Å²) >= 11 is 0. The van der Waals surface area contributed by atoms with E-state index < -0.39 is 12.0 Å². The summed E-state index contributed by atoms with van der Waals surface area (Å²) in [4.78, 5) is 24.1. The van der Waals surface area contributed by atoms with Gasteiger partial charge < -0.3 is 15.7 Å². The summed E-state index contributed by atoms with van der Waals surface area (Å²) in [6.07, 6.45) is 1.90. The van der Waals surface area contributed by atoms with Gasteiger partial charge in [-0.15, -0.1) is 0 Å².